The lowest BCUT2D eigenvalue weighted by Gasteiger charge is -2.09. The van der Waals surface area contributed by atoms with Gasteiger partial charge < -0.3 is 15.8 Å². The van der Waals surface area contributed by atoms with Gasteiger partial charge in [0.1, 0.15) is 5.82 Å². The highest BCUT2D eigenvalue weighted by Crippen LogP contribution is 2.18. The highest BCUT2D eigenvalue weighted by Gasteiger charge is 2.07. The summed E-state index contributed by atoms with van der Waals surface area (Å²) in [5.74, 6) is -0.140. The maximum absolute atomic E-state index is 12.7. The van der Waals surface area contributed by atoms with Crippen molar-refractivity contribution in [1.82, 2.24) is 4.98 Å². The number of aromatic nitrogens is 1. The SMILES string of the molecule is Cc1ccc(OCC(=O)Nc2ccc(F)cc2)c(N)n1. The fraction of sp³-hybridized carbons (Fsp3) is 0.143. The van der Waals surface area contributed by atoms with Gasteiger partial charge in [0.2, 0.25) is 0 Å². The van der Waals surface area contributed by atoms with Crippen molar-refractivity contribution in [2.75, 3.05) is 17.7 Å². The van der Waals surface area contributed by atoms with E-state index in [4.69, 9.17) is 10.5 Å². The van der Waals surface area contributed by atoms with Crippen molar-refractivity contribution in [3.63, 3.8) is 0 Å². The van der Waals surface area contributed by atoms with E-state index in [-0.39, 0.29) is 24.1 Å². The summed E-state index contributed by atoms with van der Waals surface area (Å²) in [4.78, 5) is 15.7. The van der Waals surface area contributed by atoms with Crippen molar-refractivity contribution < 1.29 is 13.9 Å². The van der Waals surface area contributed by atoms with Gasteiger partial charge >= 0.3 is 0 Å². The van der Waals surface area contributed by atoms with Crippen LogP contribution in [-0.2, 0) is 4.79 Å². The fourth-order valence-corrected chi connectivity index (χ4v) is 1.56. The summed E-state index contributed by atoms with van der Waals surface area (Å²) >= 11 is 0. The van der Waals surface area contributed by atoms with Crippen molar-refractivity contribution in [3.8, 4) is 5.75 Å². The monoisotopic (exact) mass is 275 g/mol. The van der Waals surface area contributed by atoms with Gasteiger partial charge in [0, 0.05) is 11.4 Å². The van der Waals surface area contributed by atoms with Crippen molar-refractivity contribution in [3.05, 3.63) is 47.9 Å². The van der Waals surface area contributed by atoms with Crippen LogP contribution in [0.25, 0.3) is 0 Å². The first-order valence-corrected chi connectivity index (χ1v) is 5.96. The smallest absolute Gasteiger partial charge is 0.262 e. The summed E-state index contributed by atoms with van der Waals surface area (Å²) in [5.41, 5.74) is 6.93. The number of aryl methyl sites for hydroxylation is 1. The van der Waals surface area contributed by atoms with Gasteiger partial charge in [0.05, 0.1) is 0 Å². The molecule has 0 saturated heterocycles. The molecule has 0 aliphatic rings. The molecule has 2 aromatic rings. The summed E-state index contributed by atoms with van der Waals surface area (Å²) in [6.45, 7) is 1.60. The van der Waals surface area contributed by atoms with Gasteiger partial charge in [0.25, 0.3) is 5.91 Å². The number of anilines is 2. The maximum Gasteiger partial charge on any atom is 0.262 e. The van der Waals surface area contributed by atoms with Crippen LogP contribution in [0, 0.1) is 12.7 Å². The number of benzene rings is 1. The van der Waals surface area contributed by atoms with Crippen LogP contribution in [0.15, 0.2) is 36.4 Å². The Hall–Kier alpha value is -2.63. The summed E-state index contributed by atoms with van der Waals surface area (Å²) in [5, 5.41) is 2.58. The second-order valence-corrected chi connectivity index (χ2v) is 4.18. The number of hydrogen-bond acceptors (Lipinski definition) is 4. The lowest BCUT2D eigenvalue weighted by molar-refractivity contribution is -0.118. The van der Waals surface area contributed by atoms with E-state index in [1.54, 1.807) is 19.1 Å². The minimum atomic E-state index is -0.364. The Labute approximate surface area is 115 Å². The number of nitrogens with two attached hydrogens (primary N) is 1. The normalized spacial score (nSPS) is 10.1. The summed E-state index contributed by atoms with van der Waals surface area (Å²) in [6, 6.07) is 8.85. The van der Waals surface area contributed by atoms with Crippen LogP contribution in [0.4, 0.5) is 15.9 Å². The van der Waals surface area contributed by atoms with E-state index >= 15 is 0 Å². The molecular weight excluding hydrogens is 261 g/mol. The predicted octanol–water partition coefficient (Wildman–Crippen LogP) is 2.13. The van der Waals surface area contributed by atoms with E-state index in [1.165, 1.54) is 24.3 Å². The zero-order valence-corrected chi connectivity index (χ0v) is 10.9. The van der Waals surface area contributed by atoms with Crippen molar-refractivity contribution in [1.29, 1.82) is 0 Å². The van der Waals surface area contributed by atoms with Gasteiger partial charge in [-0.05, 0) is 43.3 Å². The summed E-state index contributed by atoms with van der Waals surface area (Å²) in [7, 11) is 0. The first kappa shape index (κ1) is 13.8. The van der Waals surface area contributed by atoms with E-state index in [9.17, 15) is 9.18 Å². The molecular formula is C14H14FN3O2. The van der Waals surface area contributed by atoms with Gasteiger partial charge in [-0.25, -0.2) is 9.37 Å². The first-order chi connectivity index (χ1) is 9.54. The molecule has 0 aliphatic heterocycles. The molecule has 0 saturated carbocycles. The standard InChI is InChI=1S/C14H14FN3O2/c1-9-2-7-12(14(16)17-9)20-8-13(19)18-11-5-3-10(15)4-6-11/h2-7H,8H2,1H3,(H2,16,17)(H,18,19). The maximum atomic E-state index is 12.7. The molecule has 0 atom stereocenters. The number of hydrogen-bond donors (Lipinski definition) is 2. The van der Waals surface area contributed by atoms with Gasteiger partial charge in [-0.3, -0.25) is 4.79 Å². The predicted molar refractivity (Wildman–Crippen MR) is 73.9 cm³/mol. The van der Waals surface area contributed by atoms with E-state index in [1.807, 2.05) is 0 Å². The lowest BCUT2D eigenvalue weighted by Crippen LogP contribution is -2.20. The van der Waals surface area contributed by atoms with E-state index in [0.717, 1.165) is 5.69 Å². The third kappa shape index (κ3) is 3.68. The van der Waals surface area contributed by atoms with Crippen LogP contribution >= 0.6 is 0 Å². The molecule has 20 heavy (non-hydrogen) atoms. The second kappa shape index (κ2) is 6.01. The molecule has 1 heterocycles. The lowest BCUT2D eigenvalue weighted by atomic mass is 10.3. The Kier molecular flexibility index (Phi) is 4.14. The molecule has 1 amide bonds. The minimum absolute atomic E-state index is 0.202. The molecule has 0 radical (unpaired) electrons. The van der Waals surface area contributed by atoms with E-state index < -0.39 is 0 Å². The van der Waals surface area contributed by atoms with Crippen LogP contribution in [0.3, 0.4) is 0 Å². The van der Waals surface area contributed by atoms with Crippen LogP contribution < -0.4 is 15.8 Å². The quantitative estimate of drug-likeness (QED) is 0.896. The van der Waals surface area contributed by atoms with Crippen LogP contribution in [-0.4, -0.2) is 17.5 Å². The molecule has 0 bridgehead atoms. The largest absolute Gasteiger partial charge is 0.480 e. The number of nitrogens with zero attached hydrogens (tertiary/aromatic N) is 1. The van der Waals surface area contributed by atoms with Gasteiger partial charge in [-0.15, -0.1) is 0 Å². The summed E-state index contributed by atoms with van der Waals surface area (Å²) < 4.78 is 18.0. The number of nitrogen functional groups attached to an aromatic ring is 1. The molecule has 5 nitrogen and oxygen atoms in total. The number of nitrogens with one attached hydrogen (secondary N) is 1. The number of carbonyl (C=O) groups excluding carboxylic acids is 1. The van der Waals surface area contributed by atoms with Crippen molar-refractivity contribution >= 4 is 17.4 Å². The topological polar surface area (TPSA) is 77.2 Å². The number of halogens is 1. The van der Waals surface area contributed by atoms with Gasteiger partial charge in [-0.2, -0.15) is 0 Å². The van der Waals surface area contributed by atoms with Gasteiger partial charge in [-0.1, -0.05) is 0 Å². The molecule has 6 heteroatoms. The number of amides is 1. The highest BCUT2D eigenvalue weighted by molar-refractivity contribution is 5.91. The molecule has 104 valence electrons. The Morgan fingerprint density at radius 3 is 2.65 bits per heavy atom. The van der Waals surface area contributed by atoms with Crippen molar-refractivity contribution in [2.45, 2.75) is 6.92 Å². The molecule has 0 fully saturated rings. The molecule has 0 aliphatic carbocycles. The average molecular weight is 275 g/mol. The minimum Gasteiger partial charge on any atom is -0.480 e. The number of rotatable bonds is 4. The zero-order chi connectivity index (χ0) is 14.5. The van der Waals surface area contributed by atoms with Gasteiger partial charge in [0.15, 0.2) is 18.2 Å². The van der Waals surface area contributed by atoms with Crippen molar-refractivity contribution in [2.24, 2.45) is 0 Å². The van der Waals surface area contributed by atoms with Crippen LogP contribution in [0.2, 0.25) is 0 Å². The van der Waals surface area contributed by atoms with Crippen LogP contribution in [0.5, 0.6) is 5.75 Å². The highest BCUT2D eigenvalue weighted by atomic mass is 19.1. The number of pyridine rings is 1. The Balaban J connectivity index is 1.90. The third-order valence-electron chi connectivity index (χ3n) is 2.51. The first-order valence-electron chi connectivity index (χ1n) is 5.96. The number of carbonyl (C=O) groups is 1. The molecule has 1 aromatic heterocycles. The molecule has 0 unspecified atom stereocenters. The fourth-order valence-electron chi connectivity index (χ4n) is 1.56. The van der Waals surface area contributed by atoms with E-state index in [0.29, 0.717) is 11.4 Å². The number of ether oxygens (including phenoxy) is 1. The Morgan fingerprint density at radius 2 is 2.00 bits per heavy atom. The summed E-state index contributed by atoms with van der Waals surface area (Å²) in [6.07, 6.45) is 0. The van der Waals surface area contributed by atoms with Crippen LogP contribution in [0.1, 0.15) is 5.69 Å². The molecule has 3 N–H and O–H groups in total. The Bertz CT molecular complexity index is 614. The molecule has 2 rings (SSSR count). The molecule has 0 spiro atoms. The molecule has 1 aromatic carbocycles. The third-order valence-corrected chi connectivity index (χ3v) is 2.51. The zero-order valence-electron chi connectivity index (χ0n) is 10.9. The second-order valence-electron chi connectivity index (χ2n) is 4.18. The Morgan fingerprint density at radius 1 is 1.30 bits per heavy atom. The average Bonchev–Trinajstić information content (AvgIpc) is 2.40. The van der Waals surface area contributed by atoms with E-state index in [2.05, 4.69) is 10.3 Å².